The SMILES string of the molecule is Cc1cc(-c2ccc(S(C)(=O)=O)cc2)nc(Nc2conc2C)c1C. The number of nitrogens with zero attached hydrogens (tertiary/aromatic N) is 2. The van der Waals surface area contributed by atoms with Gasteiger partial charge >= 0.3 is 0 Å². The highest BCUT2D eigenvalue weighted by molar-refractivity contribution is 7.90. The summed E-state index contributed by atoms with van der Waals surface area (Å²) in [6.07, 6.45) is 2.74. The van der Waals surface area contributed by atoms with E-state index in [2.05, 4.69) is 15.5 Å². The van der Waals surface area contributed by atoms with Gasteiger partial charge in [0.25, 0.3) is 0 Å². The van der Waals surface area contributed by atoms with Crippen LogP contribution in [0.1, 0.15) is 16.8 Å². The van der Waals surface area contributed by atoms with Crippen molar-refractivity contribution in [2.75, 3.05) is 11.6 Å². The molecular formula is C18H19N3O3S. The van der Waals surface area contributed by atoms with E-state index < -0.39 is 9.84 Å². The molecule has 3 rings (SSSR count). The Labute approximate surface area is 146 Å². The minimum Gasteiger partial charge on any atom is -0.362 e. The number of nitrogens with one attached hydrogen (secondary N) is 1. The Hall–Kier alpha value is -2.67. The molecule has 130 valence electrons. The average molecular weight is 357 g/mol. The van der Waals surface area contributed by atoms with Crippen LogP contribution in [-0.2, 0) is 9.84 Å². The molecule has 2 heterocycles. The Morgan fingerprint density at radius 2 is 1.76 bits per heavy atom. The van der Waals surface area contributed by atoms with Crippen LogP contribution in [0, 0.1) is 20.8 Å². The molecule has 0 aliphatic carbocycles. The first-order valence-electron chi connectivity index (χ1n) is 7.72. The number of aromatic nitrogens is 2. The van der Waals surface area contributed by atoms with Crippen LogP contribution in [0.15, 0.2) is 46.0 Å². The van der Waals surface area contributed by atoms with Crippen LogP contribution < -0.4 is 5.32 Å². The molecule has 6 nitrogen and oxygen atoms in total. The number of benzene rings is 1. The van der Waals surface area contributed by atoms with Crippen molar-refractivity contribution >= 4 is 21.3 Å². The molecule has 0 unspecified atom stereocenters. The molecule has 0 radical (unpaired) electrons. The topological polar surface area (TPSA) is 85.1 Å². The number of hydrogen-bond acceptors (Lipinski definition) is 6. The predicted octanol–water partition coefficient (Wildman–Crippen LogP) is 3.81. The summed E-state index contributed by atoms with van der Waals surface area (Å²) in [5.41, 5.74) is 5.23. The summed E-state index contributed by atoms with van der Waals surface area (Å²) >= 11 is 0. The van der Waals surface area contributed by atoms with Gasteiger partial charge in [-0.2, -0.15) is 0 Å². The van der Waals surface area contributed by atoms with Gasteiger partial charge in [0.15, 0.2) is 9.84 Å². The van der Waals surface area contributed by atoms with Crippen LogP contribution in [-0.4, -0.2) is 24.8 Å². The van der Waals surface area contributed by atoms with E-state index in [-0.39, 0.29) is 0 Å². The van der Waals surface area contributed by atoms with Crippen LogP contribution in [0.2, 0.25) is 0 Å². The molecule has 0 saturated heterocycles. The molecule has 0 bridgehead atoms. The maximum atomic E-state index is 11.6. The lowest BCUT2D eigenvalue weighted by molar-refractivity contribution is 0.415. The van der Waals surface area contributed by atoms with Crippen molar-refractivity contribution in [2.24, 2.45) is 0 Å². The molecular weight excluding hydrogens is 338 g/mol. The van der Waals surface area contributed by atoms with E-state index >= 15 is 0 Å². The third-order valence-electron chi connectivity index (χ3n) is 4.11. The van der Waals surface area contributed by atoms with Crippen LogP contribution in [0.3, 0.4) is 0 Å². The molecule has 0 aliphatic rings. The largest absolute Gasteiger partial charge is 0.362 e. The van der Waals surface area contributed by atoms with Gasteiger partial charge in [0, 0.05) is 11.8 Å². The van der Waals surface area contributed by atoms with Gasteiger partial charge in [0.2, 0.25) is 0 Å². The van der Waals surface area contributed by atoms with Crippen molar-refractivity contribution in [3.63, 3.8) is 0 Å². The second-order valence-corrected chi connectivity index (χ2v) is 8.05. The summed E-state index contributed by atoms with van der Waals surface area (Å²) in [7, 11) is -3.21. The molecule has 3 aromatic rings. The average Bonchev–Trinajstić information content (AvgIpc) is 2.96. The van der Waals surface area contributed by atoms with E-state index in [1.165, 1.54) is 6.26 Å². The van der Waals surface area contributed by atoms with E-state index in [0.717, 1.165) is 33.8 Å². The van der Waals surface area contributed by atoms with Crippen LogP contribution in [0.4, 0.5) is 11.5 Å². The van der Waals surface area contributed by atoms with Crippen LogP contribution in [0.25, 0.3) is 11.3 Å². The lowest BCUT2D eigenvalue weighted by Gasteiger charge is -2.12. The van der Waals surface area contributed by atoms with Gasteiger partial charge in [-0.15, -0.1) is 0 Å². The van der Waals surface area contributed by atoms with Crippen molar-refractivity contribution in [3.8, 4) is 11.3 Å². The van der Waals surface area contributed by atoms with Crippen molar-refractivity contribution in [3.05, 3.63) is 53.4 Å². The van der Waals surface area contributed by atoms with E-state index in [4.69, 9.17) is 4.52 Å². The first kappa shape index (κ1) is 17.2. The van der Waals surface area contributed by atoms with E-state index in [9.17, 15) is 8.42 Å². The summed E-state index contributed by atoms with van der Waals surface area (Å²) in [4.78, 5) is 4.97. The van der Waals surface area contributed by atoms with Crippen LogP contribution in [0.5, 0.6) is 0 Å². The summed E-state index contributed by atoms with van der Waals surface area (Å²) in [5, 5.41) is 7.10. The zero-order chi connectivity index (χ0) is 18.2. The Balaban J connectivity index is 2.01. The Bertz CT molecular complexity index is 1020. The molecule has 7 heteroatoms. The highest BCUT2D eigenvalue weighted by Gasteiger charge is 2.12. The van der Waals surface area contributed by atoms with Gasteiger partial charge in [0.1, 0.15) is 23.5 Å². The molecule has 2 aromatic heterocycles. The fourth-order valence-corrected chi connectivity index (χ4v) is 3.05. The van der Waals surface area contributed by atoms with Gasteiger partial charge in [-0.25, -0.2) is 13.4 Å². The monoisotopic (exact) mass is 357 g/mol. The van der Waals surface area contributed by atoms with Crippen molar-refractivity contribution in [1.29, 1.82) is 0 Å². The van der Waals surface area contributed by atoms with Gasteiger partial charge in [0.05, 0.1) is 10.6 Å². The lowest BCUT2D eigenvalue weighted by atomic mass is 10.1. The van der Waals surface area contributed by atoms with E-state index in [1.807, 2.05) is 26.8 Å². The van der Waals surface area contributed by atoms with Gasteiger partial charge in [-0.1, -0.05) is 17.3 Å². The Kier molecular flexibility index (Phi) is 4.34. The maximum Gasteiger partial charge on any atom is 0.175 e. The Morgan fingerprint density at radius 3 is 2.32 bits per heavy atom. The Morgan fingerprint density at radius 1 is 1.08 bits per heavy atom. The molecule has 0 spiro atoms. The summed E-state index contributed by atoms with van der Waals surface area (Å²) in [5.74, 6) is 0.716. The van der Waals surface area contributed by atoms with Gasteiger partial charge in [-0.3, -0.25) is 0 Å². The first-order chi connectivity index (χ1) is 11.8. The van der Waals surface area contributed by atoms with Crippen molar-refractivity contribution < 1.29 is 12.9 Å². The van der Waals surface area contributed by atoms with E-state index in [0.29, 0.717) is 10.7 Å². The van der Waals surface area contributed by atoms with E-state index in [1.54, 1.807) is 30.5 Å². The lowest BCUT2D eigenvalue weighted by Crippen LogP contribution is -2.01. The smallest absolute Gasteiger partial charge is 0.175 e. The zero-order valence-electron chi connectivity index (χ0n) is 14.5. The molecule has 25 heavy (non-hydrogen) atoms. The molecule has 0 fully saturated rings. The quantitative estimate of drug-likeness (QED) is 0.764. The molecule has 0 aliphatic heterocycles. The second kappa shape index (κ2) is 6.33. The van der Waals surface area contributed by atoms with Crippen molar-refractivity contribution in [1.82, 2.24) is 10.1 Å². The molecule has 1 aromatic carbocycles. The number of rotatable bonds is 4. The minimum absolute atomic E-state index is 0.290. The predicted molar refractivity (Wildman–Crippen MR) is 96.8 cm³/mol. The highest BCUT2D eigenvalue weighted by atomic mass is 32.2. The van der Waals surface area contributed by atoms with Crippen molar-refractivity contribution in [2.45, 2.75) is 25.7 Å². The molecule has 1 N–H and O–H groups in total. The number of anilines is 2. The maximum absolute atomic E-state index is 11.6. The third kappa shape index (κ3) is 3.56. The number of aryl methyl sites for hydroxylation is 2. The summed E-state index contributed by atoms with van der Waals surface area (Å²) in [6, 6.07) is 8.71. The van der Waals surface area contributed by atoms with Gasteiger partial charge < -0.3 is 9.84 Å². The standard InChI is InChI=1S/C18H19N3O3S/c1-11-9-16(14-5-7-15(8-6-14)25(4,22)23)19-18(12(11)2)20-17-10-24-21-13(17)3/h5-10H,1-4H3,(H,19,20). The minimum atomic E-state index is -3.21. The zero-order valence-corrected chi connectivity index (χ0v) is 15.3. The number of sulfone groups is 1. The molecule has 0 amide bonds. The highest BCUT2D eigenvalue weighted by Crippen LogP contribution is 2.28. The van der Waals surface area contributed by atoms with Crippen LogP contribution >= 0.6 is 0 Å². The second-order valence-electron chi connectivity index (χ2n) is 6.03. The summed E-state index contributed by atoms with van der Waals surface area (Å²) in [6.45, 7) is 5.85. The summed E-state index contributed by atoms with van der Waals surface area (Å²) < 4.78 is 28.2. The third-order valence-corrected chi connectivity index (χ3v) is 5.24. The fraction of sp³-hybridized carbons (Fsp3) is 0.222. The van der Waals surface area contributed by atoms with Gasteiger partial charge in [-0.05, 0) is 50.1 Å². The molecule has 0 atom stereocenters. The number of hydrogen-bond donors (Lipinski definition) is 1. The first-order valence-corrected chi connectivity index (χ1v) is 9.61. The molecule has 0 saturated carbocycles. The fourth-order valence-electron chi connectivity index (χ4n) is 2.42. The number of pyridine rings is 1. The normalized spacial score (nSPS) is 11.5.